The molecule has 108 valence electrons. The van der Waals surface area contributed by atoms with Gasteiger partial charge >= 0.3 is 0 Å². The normalized spacial score (nSPS) is 11.2. The minimum Gasteiger partial charge on any atom is -0.331 e. The van der Waals surface area contributed by atoms with Crippen LogP contribution in [0.15, 0.2) is 36.4 Å². The molecule has 3 nitrogen and oxygen atoms in total. The first-order valence-corrected chi connectivity index (χ1v) is 6.67. The van der Waals surface area contributed by atoms with E-state index in [1.165, 1.54) is 6.07 Å². The molecule has 1 aromatic heterocycles. The number of hydrogen-bond acceptors (Lipinski definition) is 2. The molecule has 0 bridgehead atoms. The van der Waals surface area contributed by atoms with Crippen LogP contribution in [0.2, 0.25) is 0 Å². The van der Waals surface area contributed by atoms with Crippen molar-refractivity contribution in [1.82, 2.24) is 9.55 Å². The number of aryl methyl sites for hydroxylation is 1. The van der Waals surface area contributed by atoms with Gasteiger partial charge in [-0.3, -0.25) is 0 Å². The number of fused-ring (bicyclic) bond motifs is 1. The third-order valence-electron chi connectivity index (χ3n) is 3.65. The summed E-state index contributed by atoms with van der Waals surface area (Å²) in [4.78, 5) is 4.51. The van der Waals surface area contributed by atoms with Crippen molar-refractivity contribution in [3.05, 3.63) is 65.0 Å². The van der Waals surface area contributed by atoms with Crippen molar-refractivity contribution in [2.45, 2.75) is 13.0 Å². The van der Waals surface area contributed by atoms with Crippen molar-refractivity contribution >= 4 is 11.0 Å². The van der Waals surface area contributed by atoms with Gasteiger partial charge in [0.15, 0.2) is 11.6 Å². The Morgan fingerprint density at radius 3 is 2.76 bits per heavy atom. The smallest absolute Gasteiger partial charge is 0.162 e. The maximum atomic E-state index is 13.8. The zero-order valence-electron chi connectivity index (χ0n) is 11.6. The fraction of sp³-hybridized carbons (Fsp3) is 0.188. The minimum atomic E-state index is -0.836. The lowest BCUT2D eigenvalue weighted by Gasteiger charge is -2.04. The molecule has 5 heteroatoms. The number of nitrogens with two attached hydrogens (primary N) is 1. The lowest BCUT2D eigenvalue weighted by molar-refractivity contribution is 0.499. The molecule has 0 amide bonds. The van der Waals surface area contributed by atoms with E-state index >= 15 is 0 Å². The summed E-state index contributed by atoms with van der Waals surface area (Å²) in [5.41, 5.74) is 8.66. The molecule has 1 heterocycles. The summed E-state index contributed by atoms with van der Waals surface area (Å²) in [6, 6.07) is 9.99. The second kappa shape index (κ2) is 5.26. The van der Waals surface area contributed by atoms with Crippen molar-refractivity contribution in [2.24, 2.45) is 12.8 Å². The summed E-state index contributed by atoms with van der Waals surface area (Å²) in [5, 5.41) is 0. The van der Waals surface area contributed by atoms with Crippen LogP contribution in [0.1, 0.15) is 17.0 Å². The van der Waals surface area contributed by atoms with Crippen LogP contribution < -0.4 is 5.73 Å². The largest absolute Gasteiger partial charge is 0.331 e. The minimum absolute atomic E-state index is 0.243. The molecule has 0 unspecified atom stereocenters. The highest BCUT2D eigenvalue weighted by molar-refractivity contribution is 5.77. The van der Waals surface area contributed by atoms with Gasteiger partial charge in [0.1, 0.15) is 5.82 Å². The Bertz CT molecular complexity index is 809. The summed E-state index contributed by atoms with van der Waals surface area (Å²) in [6.45, 7) is 0.445. The first-order chi connectivity index (χ1) is 10.1. The van der Waals surface area contributed by atoms with Crippen LogP contribution >= 0.6 is 0 Å². The molecule has 2 aromatic carbocycles. The molecule has 0 saturated heterocycles. The molecule has 0 fully saturated rings. The Morgan fingerprint density at radius 1 is 1.19 bits per heavy atom. The molecular formula is C16H15F2N3. The Balaban J connectivity index is 2.04. The zero-order valence-corrected chi connectivity index (χ0v) is 11.6. The van der Waals surface area contributed by atoms with Gasteiger partial charge in [0.2, 0.25) is 0 Å². The van der Waals surface area contributed by atoms with E-state index in [1.807, 2.05) is 29.8 Å². The van der Waals surface area contributed by atoms with Crippen molar-refractivity contribution in [1.29, 1.82) is 0 Å². The standard InChI is InChI=1S/C16H15F2N3/c1-21-14-6-5-10(9-19)7-13(14)20-15(21)8-11-3-2-4-12(17)16(11)18/h2-7H,8-9,19H2,1H3. The molecule has 0 radical (unpaired) electrons. The Morgan fingerprint density at radius 2 is 2.00 bits per heavy atom. The quantitative estimate of drug-likeness (QED) is 0.805. The number of hydrogen-bond donors (Lipinski definition) is 1. The zero-order chi connectivity index (χ0) is 15.0. The van der Waals surface area contributed by atoms with E-state index in [0.29, 0.717) is 17.9 Å². The van der Waals surface area contributed by atoms with Crippen molar-refractivity contribution in [2.75, 3.05) is 0 Å². The number of nitrogens with zero attached hydrogens (tertiary/aromatic N) is 2. The van der Waals surface area contributed by atoms with E-state index in [4.69, 9.17) is 5.73 Å². The van der Waals surface area contributed by atoms with E-state index in [2.05, 4.69) is 4.98 Å². The molecule has 3 rings (SSSR count). The van der Waals surface area contributed by atoms with Crippen LogP contribution in [0.4, 0.5) is 8.78 Å². The van der Waals surface area contributed by atoms with Gasteiger partial charge in [-0.25, -0.2) is 13.8 Å². The number of rotatable bonds is 3. The van der Waals surface area contributed by atoms with Gasteiger partial charge in [0, 0.05) is 20.0 Å². The third-order valence-corrected chi connectivity index (χ3v) is 3.65. The summed E-state index contributed by atoms with van der Waals surface area (Å²) in [6.07, 6.45) is 0.243. The summed E-state index contributed by atoms with van der Waals surface area (Å²) >= 11 is 0. The molecule has 21 heavy (non-hydrogen) atoms. The lowest BCUT2D eigenvalue weighted by atomic mass is 10.1. The Hall–Kier alpha value is -2.27. The van der Waals surface area contributed by atoms with Crippen molar-refractivity contribution in [3.63, 3.8) is 0 Å². The van der Waals surface area contributed by atoms with Gasteiger partial charge in [-0.1, -0.05) is 18.2 Å². The molecule has 0 aliphatic heterocycles. The van der Waals surface area contributed by atoms with Crippen LogP contribution in [-0.4, -0.2) is 9.55 Å². The van der Waals surface area contributed by atoms with Gasteiger partial charge in [0.05, 0.1) is 11.0 Å². The highest BCUT2D eigenvalue weighted by Gasteiger charge is 2.13. The van der Waals surface area contributed by atoms with Crippen molar-refractivity contribution in [3.8, 4) is 0 Å². The van der Waals surface area contributed by atoms with E-state index < -0.39 is 11.6 Å². The number of halogens is 2. The average molecular weight is 287 g/mol. The summed E-state index contributed by atoms with van der Waals surface area (Å²) in [5.74, 6) is -0.965. The van der Waals surface area contributed by atoms with Crippen LogP contribution in [0, 0.1) is 11.6 Å². The number of aromatic nitrogens is 2. The molecule has 0 spiro atoms. The second-order valence-corrected chi connectivity index (χ2v) is 5.00. The Kier molecular flexibility index (Phi) is 3.43. The second-order valence-electron chi connectivity index (χ2n) is 5.00. The third kappa shape index (κ3) is 2.40. The maximum absolute atomic E-state index is 13.8. The summed E-state index contributed by atoms with van der Waals surface area (Å²) < 4.78 is 28.9. The van der Waals surface area contributed by atoms with Crippen LogP contribution in [0.3, 0.4) is 0 Å². The SMILES string of the molecule is Cn1c(Cc2cccc(F)c2F)nc2cc(CN)ccc21. The molecular weight excluding hydrogens is 272 g/mol. The van der Waals surface area contributed by atoms with Gasteiger partial charge in [-0.2, -0.15) is 0 Å². The average Bonchev–Trinajstić information content (AvgIpc) is 2.79. The Labute approximate surface area is 121 Å². The monoisotopic (exact) mass is 287 g/mol. The van der Waals surface area contributed by atoms with E-state index in [-0.39, 0.29) is 6.42 Å². The van der Waals surface area contributed by atoms with Gasteiger partial charge in [-0.15, -0.1) is 0 Å². The van der Waals surface area contributed by atoms with Crippen LogP contribution in [0.25, 0.3) is 11.0 Å². The van der Waals surface area contributed by atoms with Gasteiger partial charge in [0.25, 0.3) is 0 Å². The molecule has 0 saturated carbocycles. The highest BCUT2D eigenvalue weighted by Crippen LogP contribution is 2.20. The number of benzene rings is 2. The first-order valence-electron chi connectivity index (χ1n) is 6.67. The predicted octanol–water partition coefficient (Wildman–Crippen LogP) is 2.90. The number of imidazole rings is 1. The maximum Gasteiger partial charge on any atom is 0.162 e. The molecule has 2 N–H and O–H groups in total. The highest BCUT2D eigenvalue weighted by atomic mass is 19.2. The van der Waals surface area contributed by atoms with Crippen LogP contribution in [0.5, 0.6) is 0 Å². The fourth-order valence-electron chi connectivity index (χ4n) is 2.44. The van der Waals surface area contributed by atoms with Gasteiger partial charge < -0.3 is 10.3 Å². The van der Waals surface area contributed by atoms with E-state index in [0.717, 1.165) is 22.7 Å². The summed E-state index contributed by atoms with van der Waals surface area (Å²) in [7, 11) is 1.87. The fourth-order valence-corrected chi connectivity index (χ4v) is 2.44. The van der Waals surface area contributed by atoms with Gasteiger partial charge in [-0.05, 0) is 29.3 Å². The lowest BCUT2D eigenvalue weighted by Crippen LogP contribution is -2.02. The molecule has 3 aromatic rings. The predicted molar refractivity (Wildman–Crippen MR) is 77.8 cm³/mol. The van der Waals surface area contributed by atoms with E-state index in [1.54, 1.807) is 6.07 Å². The molecule has 0 atom stereocenters. The van der Waals surface area contributed by atoms with Crippen LogP contribution in [-0.2, 0) is 20.0 Å². The first kappa shape index (κ1) is 13.7. The van der Waals surface area contributed by atoms with E-state index in [9.17, 15) is 8.78 Å². The molecule has 0 aliphatic carbocycles. The molecule has 0 aliphatic rings. The topological polar surface area (TPSA) is 43.8 Å². The van der Waals surface area contributed by atoms with Crippen molar-refractivity contribution < 1.29 is 8.78 Å².